The molecule has 1 saturated heterocycles. The van der Waals surface area contributed by atoms with Gasteiger partial charge in [-0.25, -0.2) is 0 Å². The van der Waals surface area contributed by atoms with Crippen molar-refractivity contribution in [3.8, 4) is 0 Å². The molecule has 0 bridgehead atoms. The summed E-state index contributed by atoms with van der Waals surface area (Å²) in [6.45, 7) is 10.2. The Morgan fingerprint density at radius 3 is 2.34 bits per heavy atom. The number of carbonyl (C=O) groups excluding carboxylic acids is 1. The van der Waals surface area contributed by atoms with Crippen LogP contribution in [0.5, 0.6) is 0 Å². The molecule has 35 heavy (non-hydrogen) atoms. The van der Waals surface area contributed by atoms with Crippen molar-refractivity contribution in [3.05, 3.63) is 71.3 Å². The molecule has 2 aromatic carbocycles. The molecule has 3 atom stereocenters. The molecule has 2 unspecified atom stereocenters. The lowest BCUT2D eigenvalue weighted by atomic mass is 10.00. The van der Waals surface area contributed by atoms with Crippen molar-refractivity contribution in [2.24, 2.45) is 5.92 Å². The quantitative estimate of drug-likeness (QED) is 0.506. The van der Waals surface area contributed by atoms with Crippen molar-refractivity contribution >= 4 is 5.91 Å². The number of carbonyl (C=O) groups is 1. The number of nitrogens with one attached hydrogen (secondary N) is 1. The highest BCUT2D eigenvalue weighted by Crippen LogP contribution is 2.22. The fraction of sp³-hybridized carbons (Fsp3) is 0.552. The van der Waals surface area contributed by atoms with E-state index < -0.39 is 12.3 Å². The van der Waals surface area contributed by atoms with Gasteiger partial charge in [0, 0.05) is 39.1 Å². The maximum atomic E-state index is 12.7. The van der Waals surface area contributed by atoms with Crippen LogP contribution in [0.3, 0.4) is 0 Å². The van der Waals surface area contributed by atoms with Crippen LogP contribution in [0.2, 0.25) is 0 Å². The monoisotopic (exact) mass is 481 g/mol. The molecule has 3 N–H and O–H groups in total. The van der Waals surface area contributed by atoms with Gasteiger partial charge in [0.05, 0.1) is 6.04 Å². The summed E-state index contributed by atoms with van der Waals surface area (Å²) in [5.74, 6) is 0.393. The van der Waals surface area contributed by atoms with E-state index in [0.29, 0.717) is 18.9 Å². The number of benzene rings is 2. The SMILES string of the molecule is CCCCN1CCN(Cc2ccc(C(O)c3ccccc3)cc2)CCC(=O)N[C@@H](CC(C)C)C1O. The Labute approximate surface area is 211 Å². The molecule has 0 aliphatic carbocycles. The van der Waals surface area contributed by atoms with Crippen LogP contribution < -0.4 is 5.32 Å². The molecule has 3 rings (SSSR count). The topological polar surface area (TPSA) is 76.0 Å². The first-order chi connectivity index (χ1) is 16.9. The Morgan fingerprint density at radius 1 is 1.00 bits per heavy atom. The third-order valence-corrected chi connectivity index (χ3v) is 6.78. The fourth-order valence-corrected chi connectivity index (χ4v) is 4.72. The zero-order valence-corrected chi connectivity index (χ0v) is 21.6. The van der Waals surface area contributed by atoms with Crippen molar-refractivity contribution in [1.82, 2.24) is 15.1 Å². The van der Waals surface area contributed by atoms with E-state index in [1.165, 1.54) is 0 Å². The summed E-state index contributed by atoms with van der Waals surface area (Å²) in [6.07, 6.45) is 1.95. The molecule has 0 spiro atoms. The lowest BCUT2D eigenvalue weighted by molar-refractivity contribution is -0.126. The average molecular weight is 482 g/mol. The van der Waals surface area contributed by atoms with E-state index in [1.807, 2.05) is 42.5 Å². The second kappa shape index (κ2) is 13.7. The second-order valence-corrected chi connectivity index (χ2v) is 10.2. The van der Waals surface area contributed by atoms with Gasteiger partial charge in [0.25, 0.3) is 0 Å². The standard InChI is InChI=1S/C29H43N3O3/c1-4-5-16-32-19-18-31(17-15-27(33)30-26(29(32)35)20-22(2)3)21-23-11-13-25(14-12-23)28(34)24-9-7-6-8-10-24/h6-14,22,26,28-29,34-35H,4-5,15-21H2,1-3H3,(H,30,33)/t26-,28?,29?/m0/s1. The van der Waals surface area contributed by atoms with Gasteiger partial charge in [-0.3, -0.25) is 14.6 Å². The number of rotatable bonds is 9. The molecule has 6 nitrogen and oxygen atoms in total. The Balaban J connectivity index is 1.68. The van der Waals surface area contributed by atoms with E-state index in [2.05, 4.69) is 48.0 Å². The Bertz CT molecular complexity index is 888. The molecule has 1 heterocycles. The van der Waals surface area contributed by atoms with Gasteiger partial charge in [-0.1, -0.05) is 81.8 Å². The minimum atomic E-state index is -0.674. The first-order valence-corrected chi connectivity index (χ1v) is 13.1. The van der Waals surface area contributed by atoms with Crippen LogP contribution in [0.4, 0.5) is 0 Å². The lowest BCUT2D eigenvalue weighted by Crippen LogP contribution is -2.55. The molecule has 0 radical (unpaired) electrons. The van der Waals surface area contributed by atoms with Gasteiger partial charge in [-0.15, -0.1) is 0 Å². The number of nitrogens with zero attached hydrogens (tertiary/aromatic N) is 2. The number of aliphatic hydroxyl groups excluding tert-OH is 2. The Morgan fingerprint density at radius 2 is 1.69 bits per heavy atom. The van der Waals surface area contributed by atoms with Crippen LogP contribution in [0.15, 0.2) is 54.6 Å². The number of hydrogen-bond acceptors (Lipinski definition) is 5. The van der Waals surface area contributed by atoms with Crippen LogP contribution in [0, 0.1) is 5.92 Å². The summed E-state index contributed by atoms with van der Waals surface area (Å²) in [4.78, 5) is 17.1. The van der Waals surface area contributed by atoms with E-state index in [-0.39, 0.29) is 11.9 Å². The van der Waals surface area contributed by atoms with Crippen LogP contribution in [0.25, 0.3) is 0 Å². The van der Waals surface area contributed by atoms with Gasteiger partial charge in [0.15, 0.2) is 0 Å². The zero-order valence-electron chi connectivity index (χ0n) is 21.6. The Hall–Kier alpha value is -2.25. The third kappa shape index (κ3) is 8.43. The van der Waals surface area contributed by atoms with Gasteiger partial charge in [0.2, 0.25) is 5.91 Å². The smallest absolute Gasteiger partial charge is 0.221 e. The summed E-state index contributed by atoms with van der Waals surface area (Å²) in [5.41, 5.74) is 2.89. The van der Waals surface area contributed by atoms with Crippen LogP contribution in [0.1, 0.15) is 69.2 Å². The van der Waals surface area contributed by atoms with Crippen molar-refractivity contribution in [3.63, 3.8) is 0 Å². The molecule has 1 fully saturated rings. The number of amides is 1. The van der Waals surface area contributed by atoms with Crippen molar-refractivity contribution < 1.29 is 15.0 Å². The van der Waals surface area contributed by atoms with E-state index in [0.717, 1.165) is 62.1 Å². The second-order valence-electron chi connectivity index (χ2n) is 10.2. The van der Waals surface area contributed by atoms with Crippen molar-refractivity contribution in [2.45, 2.75) is 71.4 Å². The maximum absolute atomic E-state index is 12.7. The summed E-state index contributed by atoms with van der Waals surface area (Å²) in [5, 5.41) is 25.0. The molecule has 192 valence electrons. The normalized spacial score (nSPS) is 21.6. The number of unbranched alkanes of at least 4 members (excludes halogenated alkanes) is 1. The fourth-order valence-electron chi connectivity index (χ4n) is 4.72. The van der Waals surface area contributed by atoms with Gasteiger partial charge >= 0.3 is 0 Å². The summed E-state index contributed by atoms with van der Waals surface area (Å²) in [6, 6.07) is 17.5. The maximum Gasteiger partial charge on any atom is 0.221 e. The molecule has 2 aromatic rings. The van der Waals surface area contributed by atoms with E-state index in [1.54, 1.807) is 0 Å². The van der Waals surface area contributed by atoms with Crippen molar-refractivity contribution in [2.75, 3.05) is 26.2 Å². The predicted molar refractivity (Wildman–Crippen MR) is 141 cm³/mol. The molecule has 1 aliphatic heterocycles. The summed E-state index contributed by atoms with van der Waals surface area (Å²) < 4.78 is 0. The van der Waals surface area contributed by atoms with Gasteiger partial charge in [-0.2, -0.15) is 0 Å². The molecular weight excluding hydrogens is 438 g/mol. The van der Waals surface area contributed by atoms with Gasteiger partial charge in [-0.05, 0) is 35.4 Å². The number of aliphatic hydroxyl groups is 2. The highest BCUT2D eigenvalue weighted by molar-refractivity contribution is 5.76. The third-order valence-electron chi connectivity index (χ3n) is 6.78. The summed E-state index contributed by atoms with van der Waals surface area (Å²) in [7, 11) is 0. The van der Waals surface area contributed by atoms with E-state index in [4.69, 9.17) is 0 Å². The summed E-state index contributed by atoms with van der Waals surface area (Å²) >= 11 is 0. The molecule has 0 saturated carbocycles. The minimum Gasteiger partial charge on any atom is -0.384 e. The van der Waals surface area contributed by atoms with Crippen molar-refractivity contribution in [1.29, 1.82) is 0 Å². The number of hydrogen-bond donors (Lipinski definition) is 3. The van der Waals surface area contributed by atoms with Crippen LogP contribution in [-0.4, -0.2) is 64.4 Å². The van der Waals surface area contributed by atoms with Crippen LogP contribution in [-0.2, 0) is 11.3 Å². The van der Waals surface area contributed by atoms with Crippen LogP contribution >= 0.6 is 0 Å². The highest BCUT2D eigenvalue weighted by Gasteiger charge is 2.29. The van der Waals surface area contributed by atoms with Gasteiger partial charge < -0.3 is 15.5 Å². The molecule has 1 aliphatic rings. The zero-order chi connectivity index (χ0) is 25.2. The largest absolute Gasteiger partial charge is 0.384 e. The van der Waals surface area contributed by atoms with Gasteiger partial charge in [0.1, 0.15) is 12.3 Å². The van der Waals surface area contributed by atoms with E-state index in [9.17, 15) is 15.0 Å². The molecule has 1 amide bonds. The highest BCUT2D eigenvalue weighted by atomic mass is 16.3. The molecule has 6 heteroatoms. The Kier molecular flexibility index (Phi) is 10.7. The predicted octanol–water partition coefficient (Wildman–Crippen LogP) is 3.93. The lowest BCUT2D eigenvalue weighted by Gasteiger charge is -2.37. The first-order valence-electron chi connectivity index (χ1n) is 13.1. The first kappa shape index (κ1) is 27.3. The molecular formula is C29H43N3O3. The van der Waals surface area contributed by atoms with E-state index >= 15 is 0 Å². The molecule has 0 aromatic heterocycles. The average Bonchev–Trinajstić information content (AvgIpc) is 2.86. The minimum absolute atomic E-state index is 0.00151.